The van der Waals surface area contributed by atoms with E-state index in [9.17, 15) is 13.2 Å². The first-order chi connectivity index (χ1) is 16.2. The highest BCUT2D eigenvalue weighted by atomic mass is 32.2. The molecule has 0 aromatic heterocycles. The third-order valence-corrected chi connectivity index (χ3v) is 7.94. The second kappa shape index (κ2) is 10.4. The highest BCUT2D eigenvalue weighted by molar-refractivity contribution is 7.90. The summed E-state index contributed by atoms with van der Waals surface area (Å²) >= 11 is 0. The lowest BCUT2D eigenvalue weighted by Crippen LogP contribution is -2.59. The summed E-state index contributed by atoms with van der Waals surface area (Å²) in [4.78, 5) is 19.9. The number of hydrogen-bond acceptors (Lipinski definition) is 6. The molecule has 2 aliphatic heterocycles. The Kier molecular flexibility index (Phi) is 7.48. The monoisotopic (exact) mass is 485 g/mol. The Labute approximate surface area is 203 Å². The number of benzene rings is 2. The van der Waals surface area contributed by atoms with Gasteiger partial charge in [0.1, 0.15) is 6.10 Å². The van der Waals surface area contributed by atoms with E-state index in [0.717, 1.165) is 38.2 Å². The number of ether oxygens (including phenoxy) is 1. The largest absolute Gasteiger partial charge is 0.446 e. The number of carbonyl (C=O) groups excluding carboxylic acids is 1. The maximum atomic E-state index is 13.1. The molecule has 0 saturated carbocycles. The van der Waals surface area contributed by atoms with E-state index in [1.807, 2.05) is 36.9 Å². The van der Waals surface area contributed by atoms with E-state index < -0.39 is 9.84 Å². The molecule has 0 unspecified atom stereocenters. The van der Waals surface area contributed by atoms with Gasteiger partial charge >= 0.3 is 6.09 Å². The number of sulfone groups is 1. The maximum absolute atomic E-state index is 13.1. The molecule has 2 fully saturated rings. The smallest absolute Gasteiger partial charge is 0.410 e. The lowest BCUT2D eigenvalue weighted by Gasteiger charge is -2.45. The first-order valence-electron chi connectivity index (χ1n) is 12.0. The number of nitrogens with zero attached hydrogens (tertiary/aromatic N) is 3. The van der Waals surface area contributed by atoms with Gasteiger partial charge in [-0.15, -0.1) is 0 Å². The summed E-state index contributed by atoms with van der Waals surface area (Å²) in [6, 6.07) is 17.4. The predicted octanol–water partition coefficient (Wildman–Crippen LogP) is 3.79. The Hall–Kier alpha value is -2.58. The number of piperazine rings is 1. The van der Waals surface area contributed by atoms with E-state index in [-0.39, 0.29) is 24.3 Å². The number of likely N-dealkylation sites (tertiary alicyclic amines) is 1. The van der Waals surface area contributed by atoms with Crippen molar-refractivity contribution in [2.45, 2.75) is 56.3 Å². The van der Waals surface area contributed by atoms with E-state index in [2.05, 4.69) is 34.1 Å². The summed E-state index contributed by atoms with van der Waals surface area (Å²) in [5.74, 6) is 0. The van der Waals surface area contributed by atoms with Crippen LogP contribution in [0.5, 0.6) is 0 Å². The molecule has 0 spiro atoms. The summed E-state index contributed by atoms with van der Waals surface area (Å²) < 4.78 is 29.4. The van der Waals surface area contributed by atoms with Crippen LogP contribution in [-0.2, 0) is 21.1 Å². The first kappa shape index (κ1) is 24.5. The molecule has 7 nitrogen and oxygen atoms in total. The van der Waals surface area contributed by atoms with Crippen molar-refractivity contribution in [1.82, 2.24) is 9.80 Å². The molecule has 2 saturated heterocycles. The molecule has 8 heteroatoms. The van der Waals surface area contributed by atoms with Crippen LogP contribution in [0.1, 0.15) is 32.3 Å². The van der Waals surface area contributed by atoms with Gasteiger partial charge < -0.3 is 9.64 Å². The molecule has 2 atom stereocenters. The molecule has 0 radical (unpaired) electrons. The van der Waals surface area contributed by atoms with Crippen molar-refractivity contribution >= 4 is 21.6 Å². The fourth-order valence-corrected chi connectivity index (χ4v) is 5.66. The third kappa shape index (κ3) is 5.91. The average molecular weight is 486 g/mol. The molecule has 34 heavy (non-hydrogen) atoms. The highest BCUT2D eigenvalue weighted by Gasteiger charge is 2.35. The molecule has 1 amide bonds. The zero-order valence-corrected chi connectivity index (χ0v) is 21.1. The van der Waals surface area contributed by atoms with Crippen LogP contribution in [0.3, 0.4) is 0 Å². The van der Waals surface area contributed by atoms with Gasteiger partial charge in [-0.3, -0.25) is 9.80 Å². The van der Waals surface area contributed by atoms with Crippen LogP contribution in [0, 0.1) is 0 Å². The predicted molar refractivity (Wildman–Crippen MR) is 134 cm³/mol. The van der Waals surface area contributed by atoms with Gasteiger partial charge in [-0.2, -0.15) is 0 Å². The van der Waals surface area contributed by atoms with Gasteiger partial charge in [-0.05, 0) is 56.5 Å². The van der Waals surface area contributed by atoms with Crippen molar-refractivity contribution < 1.29 is 17.9 Å². The molecular weight excluding hydrogens is 450 g/mol. The Balaban J connectivity index is 1.29. The summed E-state index contributed by atoms with van der Waals surface area (Å²) in [6.45, 7) is 8.21. The molecule has 0 bridgehead atoms. The van der Waals surface area contributed by atoms with Crippen LogP contribution < -0.4 is 4.90 Å². The fraction of sp³-hybridized carbons (Fsp3) is 0.500. The Morgan fingerprint density at radius 1 is 0.941 bits per heavy atom. The average Bonchev–Trinajstić information content (AvgIpc) is 2.80. The van der Waals surface area contributed by atoms with Gasteiger partial charge in [0.2, 0.25) is 0 Å². The zero-order chi connectivity index (χ0) is 24.3. The third-order valence-electron chi connectivity index (χ3n) is 6.81. The first-order valence-corrected chi connectivity index (χ1v) is 13.9. The molecule has 2 aromatic rings. The van der Waals surface area contributed by atoms with Crippen LogP contribution in [-0.4, -0.2) is 74.9 Å². The lowest BCUT2D eigenvalue weighted by molar-refractivity contribution is 0.0101. The van der Waals surface area contributed by atoms with E-state index in [1.54, 1.807) is 12.1 Å². The van der Waals surface area contributed by atoms with Crippen molar-refractivity contribution in [2.75, 3.05) is 37.3 Å². The zero-order valence-electron chi connectivity index (χ0n) is 20.3. The number of rotatable bonds is 5. The number of carbonyl (C=O) groups is 1. The van der Waals surface area contributed by atoms with Gasteiger partial charge in [0.15, 0.2) is 9.84 Å². The minimum absolute atomic E-state index is 0.0102. The molecule has 0 N–H and O–H groups in total. The van der Waals surface area contributed by atoms with E-state index in [0.29, 0.717) is 18.0 Å². The molecular formula is C26H35N3O4S. The molecule has 184 valence electrons. The Bertz CT molecular complexity index is 1050. The minimum Gasteiger partial charge on any atom is -0.446 e. The number of anilines is 1. The Morgan fingerprint density at radius 2 is 1.53 bits per heavy atom. The van der Waals surface area contributed by atoms with Crippen molar-refractivity contribution in [3.63, 3.8) is 0 Å². The van der Waals surface area contributed by atoms with Crippen LogP contribution >= 0.6 is 0 Å². The van der Waals surface area contributed by atoms with Crippen molar-refractivity contribution in [3.8, 4) is 0 Å². The normalized spacial score (nSPS) is 22.6. The quantitative estimate of drug-likeness (QED) is 0.642. The van der Waals surface area contributed by atoms with Crippen molar-refractivity contribution in [3.05, 3.63) is 60.2 Å². The summed E-state index contributed by atoms with van der Waals surface area (Å²) in [5, 5.41) is 0. The Morgan fingerprint density at radius 3 is 2.09 bits per heavy atom. The summed E-state index contributed by atoms with van der Waals surface area (Å²) in [5.41, 5.74) is 2.27. The molecule has 2 aromatic carbocycles. The molecule has 0 aliphatic carbocycles. The summed E-state index contributed by atoms with van der Waals surface area (Å²) in [6.07, 6.45) is 2.65. The number of hydrogen-bond donors (Lipinski definition) is 0. The second-order valence-corrected chi connectivity index (χ2v) is 11.6. The molecule has 2 aliphatic rings. The van der Waals surface area contributed by atoms with Gasteiger partial charge in [-0.25, -0.2) is 13.2 Å². The van der Waals surface area contributed by atoms with E-state index >= 15 is 0 Å². The minimum atomic E-state index is -3.22. The van der Waals surface area contributed by atoms with E-state index in [1.165, 1.54) is 11.8 Å². The van der Waals surface area contributed by atoms with Crippen LogP contribution in [0.2, 0.25) is 0 Å². The highest BCUT2D eigenvalue weighted by Crippen LogP contribution is 2.26. The van der Waals surface area contributed by atoms with Crippen molar-refractivity contribution in [2.24, 2.45) is 0 Å². The topological polar surface area (TPSA) is 70.2 Å². The van der Waals surface area contributed by atoms with Gasteiger partial charge in [0, 0.05) is 44.7 Å². The van der Waals surface area contributed by atoms with Gasteiger partial charge in [0.25, 0.3) is 0 Å². The SMILES string of the molecule is C[C@@H]1CN(c2ccc(S(C)(=O)=O)cc2)C[C@H](C)N1C(=O)OC1CCN(Cc2ccccc2)CC1. The number of amides is 1. The molecule has 2 heterocycles. The summed E-state index contributed by atoms with van der Waals surface area (Å²) in [7, 11) is -3.22. The van der Waals surface area contributed by atoms with E-state index in [4.69, 9.17) is 4.74 Å². The maximum Gasteiger partial charge on any atom is 0.410 e. The fourth-order valence-electron chi connectivity index (χ4n) is 5.03. The van der Waals surface area contributed by atoms with Gasteiger partial charge in [-0.1, -0.05) is 30.3 Å². The second-order valence-electron chi connectivity index (χ2n) is 9.62. The van der Waals surface area contributed by atoms with Crippen LogP contribution in [0.15, 0.2) is 59.5 Å². The van der Waals surface area contributed by atoms with Crippen molar-refractivity contribution in [1.29, 1.82) is 0 Å². The van der Waals surface area contributed by atoms with Gasteiger partial charge in [0.05, 0.1) is 17.0 Å². The van der Waals surface area contributed by atoms with Crippen LogP contribution in [0.25, 0.3) is 0 Å². The number of piperidine rings is 1. The standard InChI is InChI=1S/C26H35N3O4S/c1-20-17-28(23-9-11-25(12-10-23)34(3,31)32)18-21(2)29(20)26(30)33-24-13-15-27(16-14-24)19-22-7-5-4-6-8-22/h4-12,20-21,24H,13-19H2,1-3H3/t20-,21+. The van der Waals surface area contributed by atoms with Crippen LogP contribution in [0.4, 0.5) is 10.5 Å². The molecule has 4 rings (SSSR count). The lowest BCUT2D eigenvalue weighted by atomic mass is 10.1.